The molecule has 0 saturated carbocycles. The van der Waals surface area contributed by atoms with Crippen molar-refractivity contribution in [2.75, 3.05) is 29.1 Å². The molecule has 1 amide bonds. The molecule has 6 rings (SSSR count). The predicted molar refractivity (Wildman–Crippen MR) is 130 cm³/mol. The molecule has 8 heteroatoms. The van der Waals surface area contributed by atoms with Gasteiger partial charge in [-0.3, -0.25) is 4.79 Å². The molecule has 0 aliphatic carbocycles. The van der Waals surface area contributed by atoms with Crippen LogP contribution in [0.2, 0.25) is 0 Å². The summed E-state index contributed by atoms with van der Waals surface area (Å²) in [4.78, 5) is 28.4. The normalized spacial score (nSPS) is 15.2. The van der Waals surface area contributed by atoms with Crippen LogP contribution >= 0.6 is 11.8 Å². The number of benzene rings is 2. The molecule has 0 radical (unpaired) electrons. The van der Waals surface area contributed by atoms with Gasteiger partial charge in [-0.15, -0.1) is 0 Å². The number of imidazole rings is 1. The van der Waals surface area contributed by atoms with Crippen molar-refractivity contribution in [3.63, 3.8) is 0 Å². The average molecular weight is 455 g/mol. The molecule has 1 fully saturated rings. The largest absolute Gasteiger partial charge is 0.355 e. The zero-order valence-corrected chi connectivity index (χ0v) is 18.7. The second-order valence-electron chi connectivity index (χ2n) is 8.25. The maximum Gasteiger partial charge on any atom is 0.231 e. The van der Waals surface area contributed by atoms with Gasteiger partial charge < -0.3 is 14.8 Å². The molecule has 0 unspecified atom stereocenters. The smallest absolute Gasteiger partial charge is 0.231 e. The van der Waals surface area contributed by atoms with Crippen molar-refractivity contribution >= 4 is 29.2 Å². The van der Waals surface area contributed by atoms with E-state index in [0.717, 1.165) is 51.5 Å². The Morgan fingerprint density at radius 3 is 2.67 bits per heavy atom. The molecular formula is C25H22N6OS. The van der Waals surface area contributed by atoms with Crippen molar-refractivity contribution in [1.29, 1.82) is 0 Å². The number of amides is 1. The second-order valence-corrected chi connectivity index (χ2v) is 9.31. The van der Waals surface area contributed by atoms with Crippen molar-refractivity contribution < 1.29 is 4.79 Å². The van der Waals surface area contributed by atoms with Gasteiger partial charge >= 0.3 is 0 Å². The third-order valence-electron chi connectivity index (χ3n) is 6.03. The highest BCUT2D eigenvalue weighted by Gasteiger charge is 2.33. The number of carbonyl (C=O) groups is 1. The van der Waals surface area contributed by atoms with Gasteiger partial charge in [0.05, 0.1) is 17.3 Å². The standard InChI is InChI=1S/C25H22N6OS/c32-24(28-20-8-4-7-18(11-20)22-15-30-9-10-33-25(30)29-22)19-13-31(14-19)23-12-21(26-16-27-23)17-5-2-1-3-6-17/h1-8,11-12,15-16,19H,9-10,13-14H2,(H,28,32). The third-order valence-corrected chi connectivity index (χ3v) is 7.00. The number of fused-ring (bicyclic) bond motifs is 1. The van der Waals surface area contributed by atoms with Gasteiger partial charge in [-0.25, -0.2) is 15.0 Å². The number of hydrogen-bond acceptors (Lipinski definition) is 6. The first-order valence-corrected chi connectivity index (χ1v) is 12.0. The fourth-order valence-corrected chi connectivity index (χ4v) is 5.11. The Labute approximate surface area is 195 Å². The third kappa shape index (κ3) is 3.98. The van der Waals surface area contributed by atoms with E-state index in [1.54, 1.807) is 18.1 Å². The molecule has 33 heavy (non-hydrogen) atoms. The Morgan fingerprint density at radius 1 is 0.970 bits per heavy atom. The van der Waals surface area contributed by atoms with Crippen LogP contribution in [0.4, 0.5) is 11.5 Å². The van der Waals surface area contributed by atoms with Crippen LogP contribution in [0.5, 0.6) is 0 Å². The Morgan fingerprint density at radius 2 is 1.82 bits per heavy atom. The van der Waals surface area contributed by atoms with Crippen molar-refractivity contribution in [3.05, 3.63) is 73.2 Å². The molecule has 1 N–H and O–H groups in total. The van der Waals surface area contributed by atoms with Crippen LogP contribution in [0.15, 0.2) is 78.3 Å². The Kier molecular flexibility index (Phi) is 5.07. The maximum absolute atomic E-state index is 12.8. The van der Waals surface area contributed by atoms with E-state index in [1.165, 1.54) is 0 Å². The number of thioether (sulfide) groups is 1. The molecule has 4 heterocycles. The predicted octanol–water partition coefficient (Wildman–Crippen LogP) is 4.19. The van der Waals surface area contributed by atoms with Gasteiger partial charge in [-0.05, 0) is 12.1 Å². The Bertz CT molecular complexity index is 1290. The van der Waals surface area contributed by atoms with Crippen LogP contribution in [0.1, 0.15) is 0 Å². The monoisotopic (exact) mass is 454 g/mol. The first-order chi connectivity index (χ1) is 16.2. The van der Waals surface area contributed by atoms with Crippen LogP contribution in [-0.2, 0) is 11.3 Å². The highest BCUT2D eigenvalue weighted by atomic mass is 32.2. The summed E-state index contributed by atoms with van der Waals surface area (Å²) in [6.07, 6.45) is 3.67. The maximum atomic E-state index is 12.8. The average Bonchev–Trinajstić information content (AvgIpc) is 3.42. The Balaban J connectivity index is 1.10. The lowest BCUT2D eigenvalue weighted by molar-refractivity contribution is -0.120. The quantitative estimate of drug-likeness (QED) is 0.487. The van der Waals surface area contributed by atoms with Gasteiger partial charge in [-0.1, -0.05) is 54.2 Å². The molecule has 4 aromatic rings. The number of rotatable bonds is 5. The van der Waals surface area contributed by atoms with E-state index >= 15 is 0 Å². The van der Waals surface area contributed by atoms with Crippen molar-refractivity contribution in [1.82, 2.24) is 19.5 Å². The molecule has 2 aliphatic heterocycles. The molecule has 0 bridgehead atoms. The summed E-state index contributed by atoms with van der Waals surface area (Å²) in [5.41, 5.74) is 4.69. The molecule has 0 atom stereocenters. The molecule has 2 aromatic carbocycles. The van der Waals surface area contributed by atoms with E-state index in [9.17, 15) is 4.79 Å². The summed E-state index contributed by atoms with van der Waals surface area (Å²) in [5, 5.41) is 4.14. The molecule has 1 saturated heterocycles. The summed E-state index contributed by atoms with van der Waals surface area (Å²) >= 11 is 1.78. The molecule has 164 valence electrons. The number of anilines is 2. The van der Waals surface area contributed by atoms with E-state index in [1.807, 2.05) is 60.7 Å². The van der Waals surface area contributed by atoms with Crippen LogP contribution in [0, 0.1) is 5.92 Å². The number of aromatic nitrogens is 4. The van der Waals surface area contributed by atoms with Gasteiger partial charge in [0.1, 0.15) is 12.1 Å². The van der Waals surface area contributed by atoms with E-state index in [-0.39, 0.29) is 11.8 Å². The van der Waals surface area contributed by atoms with E-state index in [2.05, 4.69) is 30.9 Å². The first-order valence-electron chi connectivity index (χ1n) is 11.0. The SMILES string of the molecule is O=C(Nc1cccc(-c2cn3c(n2)SCC3)c1)C1CN(c2cc(-c3ccccc3)ncn2)C1. The lowest BCUT2D eigenvalue weighted by Gasteiger charge is -2.39. The van der Waals surface area contributed by atoms with Gasteiger partial charge in [-0.2, -0.15) is 0 Å². The second kappa shape index (κ2) is 8.37. The van der Waals surface area contributed by atoms with Crippen LogP contribution in [0.3, 0.4) is 0 Å². The lowest BCUT2D eigenvalue weighted by atomic mass is 9.98. The van der Waals surface area contributed by atoms with Crippen LogP contribution in [-0.4, -0.2) is 44.3 Å². The fraction of sp³-hybridized carbons (Fsp3) is 0.200. The molecule has 0 spiro atoms. The molecule has 7 nitrogen and oxygen atoms in total. The summed E-state index contributed by atoms with van der Waals surface area (Å²) < 4.78 is 2.19. The number of nitrogens with zero attached hydrogens (tertiary/aromatic N) is 5. The summed E-state index contributed by atoms with van der Waals surface area (Å²) in [7, 11) is 0. The number of carbonyl (C=O) groups excluding carboxylic acids is 1. The Hall–Kier alpha value is -3.65. The zero-order valence-electron chi connectivity index (χ0n) is 17.9. The number of nitrogens with one attached hydrogen (secondary N) is 1. The lowest BCUT2D eigenvalue weighted by Crippen LogP contribution is -2.52. The number of hydrogen-bond donors (Lipinski definition) is 1. The summed E-state index contributed by atoms with van der Waals surface area (Å²) in [6.45, 7) is 2.28. The van der Waals surface area contributed by atoms with E-state index in [0.29, 0.717) is 13.1 Å². The van der Waals surface area contributed by atoms with Crippen LogP contribution < -0.4 is 10.2 Å². The zero-order chi connectivity index (χ0) is 22.2. The molecule has 2 aliphatic rings. The summed E-state index contributed by atoms with van der Waals surface area (Å²) in [6, 6.07) is 19.9. The number of aryl methyl sites for hydroxylation is 1. The van der Waals surface area contributed by atoms with Crippen molar-refractivity contribution in [2.24, 2.45) is 5.92 Å². The minimum Gasteiger partial charge on any atom is -0.355 e. The van der Waals surface area contributed by atoms with Gasteiger partial charge in [0, 0.05) is 54.5 Å². The molecular weight excluding hydrogens is 432 g/mol. The van der Waals surface area contributed by atoms with Crippen LogP contribution in [0.25, 0.3) is 22.5 Å². The highest BCUT2D eigenvalue weighted by Crippen LogP contribution is 2.31. The topological polar surface area (TPSA) is 75.9 Å². The van der Waals surface area contributed by atoms with Gasteiger partial charge in [0.2, 0.25) is 5.91 Å². The van der Waals surface area contributed by atoms with Gasteiger partial charge in [0.25, 0.3) is 0 Å². The van der Waals surface area contributed by atoms with Crippen molar-refractivity contribution in [3.8, 4) is 22.5 Å². The molecule has 2 aromatic heterocycles. The van der Waals surface area contributed by atoms with Crippen molar-refractivity contribution in [2.45, 2.75) is 11.7 Å². The van der Waals surface area contributed by atoms with E-state index in [4.69, 9.17) is 4.98 Å². The minimum atomic E-state index is -0.0726. The van der Waals surface area contributed by atoms with E-state index < -0.39 is 0 Å². The first kappa shape index (κ1) is 20.0. The minimum absolute atomic E-state index is 0.0311. The fourth-order valence-electron chi connectivity index (χ4n) is 4.17. The summed E-state index contributed by atoms with van der Waals surface area (Å²) in [5.74, 6) is 1.89. The highest BCUT2D eigenvalue weighted by molar-refractivity contribution is 7.99. The van der Waals surface area contributed by atoms with Gasteiger partial charge in [0.15, 0.2) is 5.16 Å².